The van der Waals surface area contributed by atoms with E-state index in [2.05, 4.69) is 0 Å². The first-order valence-electron chi connectivity index (χ1n) is 5.27. The van der Waals surface area contributed by atoms with E-state index in [0.717, 1.165) is 4.88 Å². The summed E-state index contributed by atoms with van der Waals surface area (Å²) in [5.41, 5.74) is 0.132. The van der Waals surface area contributed by atoms with Crippen LogP contribution in [0.25, 0.3) is 0 Å². The maximum absolute atomic E-state index is 11.1. The Morgan fingerprint density at radius 1 is 1.39 bits per heavy atom. The largest absolute Gasteiger partial charge is 0.497 e. The van der Waals surface area contributed by atoms with E-state index in [1.54, 1.807) is 23.5 Å². The Morgan fingerprint density at radius 3 is 2.83 bits per heavy atom. The molecule has 18 heavy (non-hydrogen) atoms. The number of hydrogen-bond acceptors (Lipinski definition) is 4. The van der Waals surface area contributed by atoms with Gasteiger partial charge in [0, 0.05) is 10.9 Å². The van der Waals surface area contributed by atoms with E-state index in [0.29, 0.717) is 18.1 Å². The van der Waals surface area contributed by atoms with Crippen molar-refractivity contribution in [1.82, 2.24) is 0 Å². The molecule has 0 aliphatic carbocycles. The lowest BCUT2D eigenvalue weighted by molar-refractivity contribution is 0.0692. The minimum atomic E-state index is -1.01. The molecule has 5 heteroatoms. The zero-order valence-corrected chi connectivity index (χ0v) is 10.6. The van der Waals surface area contributed by atoms with Crippen LogP contribution in [0.4, 0.5) is 0 Å². The lowest BCUT2D eigenvalue weighted by Crippen LogP contribution is -2.03. The smallest absolute Gasteiger partial charge is 0.339 e. The molecule has 0 spiro atoms. The topological polar surface area (TPSA) is 55.8 Å². The van der Waals surface area contributed by atoms with Gasteiger partial charge in [-0.1, -0.05) is 6.07 Å². The molecule has 0 aliphatic heterocycles. The number of benzene rings is 1. The lowest BCUT2D eigenvalue weighted by Gasteiger charge is -2.09. The first-order chi connectivity index (χ1) is 8.70. The second-order valence-corrected chi connectivity index (χ2v) is 4.57. The molecule has 0 saturated carbocycles. The summed E-state index contributed by atoms with van der Waals surface area (Å²) in [6, 6.07) is 8.52. The number of carboxylic acid groups (broad SMARTS) is 1. The van der Waals surface area contributed by atoms with Crippen LogP contribution in [0, 0.1) is 0 Å². The first kappa shape index (κ1) is 12.4. The molecule has 4 nitrogen and oxygen atoms in total. The highest BCUT2D eigenvalue weighted by Crippen LogP contribution is 2.26. The van der Waals surface area contributed by atoms with Crippen LogP contribution in [0.1, 0.15) is 15.2 Å². The fourth-order valence-electron chi connectivity index (χ4n) is 1.47. The highest BCUT2D eigenvalue weighted by atomic mass is 32.1. The van der Waals surface area contributed by atoms with E-state index >= 15 is 0 Å². The van der Waals surface area contributed by atoms with Crippen molar-refractivity contribution in [3.05, 3.63) is 46.2 Å². The molecule has 2 rings (SSSR count). The molecule has 1 aromatic heterocycles. The Labute approximate surface area is 108 Å². The third kappa shape index (κ3) is 2.81. The highest BCUT2D eigenvalue weighted by Gasteiger charge is 2.12. The van der Waals surface area contributed by atoms with Crippen molar-refractivity contribution in [1.29, 1.82) is 0 Å². The van der Waals surface area contributed by atoms with Crippen LogP contribution in [-0.4, -0.2) is 18.2 Å². The summed E-state index contributed by atoms with van der Waals surface area (Å²) in [6.45, 7) is 0.352. The van der Waals surface area contributed by atoms with E-state index in [9.17, 15) is 4.79 Å². The van der Waals surface area contributed by atoms with Gasteiger partial charge >= 0.3 is 5.97 Å². The number of carbonyl (C=O) groups is 1. The number of carboxylic acids is 1. The number of aromatic carboxylic acids is 1. The van der Waals surface area contributed by atoms with E-state index in [1.165, 1.54) is 13.2 Å². The molecule has 0 amide bonds. The van der Waals surface area contributed by atoms with Gasteiger partial charge in [0.2, 0.25) is 0 Å². The normalized spacial score (nSPS) is 10.1. The maximum Gasteiger partial charge on any atom is 0.339 e. The minimum Gasteiger partial charge on any atom is -0.497 e. The first-order valence-corrected chi connectivity index (χ1v) is 6.15. The zero-order valence-electron chi connectivity index (χ0n) is 9.75. The molecule has 2 aromatic rings. The molecule has 94 valence electrons. The Balaban J connectivity index is 2.20. The third-order valence-corrected chi connectivity index (χ3v) is 3.22. The van der Waals surface area contributed by atoms with Gasteiger partial charge < -0.3 is 14.6 Å². The van der Waals surface area contributed by atoms with Crippen molar-refractivity contribution in [2.24, 2.45) is 0 Å². The van der Waals surface area contributed by atoms with Crippen molar-refractivity contribution in [3.8, 4) is 11.5 Å². The molecule has 0 unspecified atom stereocenters. The highest BCUT2D eigenvalue weighted by molar-refractivity contribution is 7.09. The van der Waals surface area contributed by atoms with Crippen molar-refractivity contribution in [2.45, 2.75) is 6.61 Å². The van der Waals surface area contributed by atoms with Crippen molar-refractivity contribution in [3.63, 3.8) is 0 Å². The van der Waals surface area contributed by atoms with Gasteiger partial charge in [0.05, 0.1) is 7.11 Å². The molecule has 0 aliphatic rings. The fraction of sp³-hybridized carbons (Fsp3) is 0.154. The molecule has 0 radical (unpaired) electrons. The van der Waals surface area contributed by atoms with Gasteiger partial charge in [0.25, 0.3) is 0 Å². The standard InChI is InChI=1S/C13H12O4S/c1-16-9-4-5-11(13(14)15)12(7-9)17-8-10-3-2-6-18-10/h2-7H,8H2,1H3,(H,14,15). The quantitative estimate of drug-likeness (QED) is 0.901. The predicted molar refractivity (Wildman–Crippen MR) is 68.6 cm³/mol. The second-order valence-electron chi connectivity index (χ2n) is 3.54. The number of hydrogen-bond donors (Lipinski definition) is 1. The van der Waals surface area contributed by atoms with E-state index in [-0.39, 0.29) is 5.56 Å². The summed E-state index contributed by atoms with van der Waals surface area (Å²) >= 11 is 1.56. The van der Waals surface area contributed by atoms with Gasteiger partial charge in [-0.15, -0.1) is 11.3 Å². The van der Waals surface area contributed by atoms with E-state index in [4.69, 9.17) is 14.6 Å². The van der Waals surface area contributed by atoms with Gasteiger partial charge in [0.15, 0.2) is 0 Å². The molecule has 0 bridgehead atoms. The van der Waals surface area contributed by atoms with E-state index in [1.807, 2.05) is 17.5 Å². The average Bonchev–Trinajstić information content (AvgIpc) is 2.88. The van der Waals surface area contributed by atoms with Crippen LogP contribution in [0.5, 0.6) is 11.5 Å². The minimum absolute atomic E-state index is 0.132. The molecule has 1 N–H and O–H groups in total. The van der Waals surface area contributed by atoms with Gasteiger partial charge in [-0.3, -0.25) is 0 Å². The van der Waals surface area contributed by atoms with Gasteiger partial charge in [-0.25, -0.2) is 4.79 Å². The predicted octanol–water partition coefficient (Wildman–Crippen LogP) is 3.03. The summed E-state index contributed by atoms with van der Waals surface area (Å²) in [6.07, 6.45) is 0. The Kier molecular flexibility index (Phi) is 3.84. The van der Waals surface area contributed by atoms with Crippen LogP contribution in [0.15, 0.2) is 35.7 Å². The molecular weight excluding hydrogens is 252 g/mol. The summed E-state index contributed by atoms with van der Waals surface area (Å²) in [4.78, 5) is 12.1. The maximum atomic E-state index is 11.1. The lowest BCUT2D eigenvalue weighted by atomic mass is 10.2. The summed E-state index contributed by atoms with van der Waals surface area (Å²) in [5.74, 6) is -0.129. The summed E-state index contributed by atoms with van der Waals surface area (Å²) in [7, 11) is 1.53. The molecule has 0 saturated heterocycles. The van der Waals surface area contributed by atoms with Crippen LogP contribution in [0.3, 0.4) is 0 Å². The SMILES string of the molecule is COc1ccc(C(=O)O)c(OCc2cccs2)c1. The fourth-order valence-corrected chi connectivity index (χ4v) is 2.09. The zero-order chi connectivity index (χ0) is 13.0. The Bertz CT molecular complexity index is 534. The summed E-state index contributed by atoms with van der Waals surface area (Å²) in [5, 5.41) is 11.0. The Hall–Kier alpha value is -2.01. The monoisotopic (exact) mass is 264 g/mol. The van der Waals surface area contributed by atoms with Crippen LogP contribution in [-0.2, 0) is 6.61 Å². The van der Waals surface area contributed by atoms with Crippen LogP contribution >= 0.6 is 11.3 Å². The Morgan fingerprint density at radius 2 is 2.22 bits per heavy atom. The molecule has 0 fully saturated rings. The van der Waals surface area contributed by atoms with Gasteiger partial charge in [-0.05, 0) is 23.6 Å². The van der Waals surface area contributed by atoms with Gasteiger partial charge in [-0.2, -0.15) is 0 Å². The van der Waals surface area contributed by atoms with Gasteiger partial charge in [0.1, 0.15) is 23.7 Å². The third-order valence-electron chi connectivity index (χ3n) is 2.37. The van der Waals surface area contributed by atoms with Crippen molar-refractivity contribution in [2.75, 3.05) is 7.11 Å². The number of ether oxygens (including phenoxy) is 2. The number of methoxy groups -OCH3 is 1. The number of thiophene rings is 1. The second kappa shape index (κ2) is 5.55. The van der Waals surface area contributed by atoms with Crippen LogP contribution < -0.4 is 9.47 Å². The average molecular weight is 264 g/mol. The molecule has 0 atom stereocenters. The molecule has 1 heterocycles. The van der Waals surface area contributed by atoms with Crippen LogP contribution in [0.2, 0.25) is 0 Å². The van der Waals surface area contributed by atoms with Crippen molar-refractivity contribution < 1.29 is 19.4 Å². The molecule has 1 aromatic carbocycles. The van der Waals surface area contributed by atoms with Crippen molar-refractivity contribution >= 4 is 17.3 Å². The number of rotatable bonds is 5. The summed E-state index contributed by atoms with van der Waals surface area (Å²) < 4.78 is 10.6. The van der Waals surface area contributed by atoms with E-state index < -0.39 is 5.97 Å². The molecular formula is C13H12O4S.